The fourth-order valence-corrected chi connectivity index (χ4v) is 2.66. The summed E-state index contributed by atoms with van der Waals surface area (Å²) in [6.45, 7) is -1.71. The van der Waals surface area contributed by atoms with Gasteiger partial charge in [0, 0.05) is 6.54 Å². The van der Waals surface area contributed by atoms with Crippen LogP contribution in [0.4, 0.5) is 17.6 Å². The van der Waals surface area contributed by atoms with Gasteiger partial charge in [-0.25, -0.2) is 17.2 Å². The normalized spacial score (nSPS) is 12.4. The van der Waals surface area contributed by atoms with E-state index < -0.39 is 41.0 Å². The summed E-state index contributed by atoms with van der Waals surface area (Å²) >= 11 is 0. The molecule has 0 bridgehead atoms. The van der Waals surface area contributed by atoms with Crippen molar-refractivity contribution in [2.75, 3.05) is 18.8 Å². The van der Waals surface area contributed by atoms with Crippen LogP contribution in [0, 0.1) is 11.3 Å². The van der Waals surface area contributed by atoms with Crippen molar-refractivity contribution in [3.8, 4) is 6.07 Å². The van der Waals surface area contributed by atoms with Crippen LogP contribution in [0.2, 0.25) is 0 Å². The highest BCUT2D eigenvalue weighted by atomic mass is 32.2. The van der Waals surface area contributed by atoms with E-state index in [9.17, 15) is 26.0 Å². The molecule has 0 saturated carbocycles. The van der Waals surface area contributed by atoms with Gasteiger partial charge < -0.3 is 5.32 Å². The number of nitriles is 1. The Hall–Kier alpha value is -1.66. The van der Waals surface area contributed by atoms with E-state index in [2.05, 4.69) is 0 Å². The molecule has 21 heavy (non-hydrogen) atoms. The zero-order chi connectivity index (χ0) is 16.1. The topological polar surface area (TPSA) is 70.0 Å². The molecule has 0 aliphatic rings. The van der Waals surface area contributed by atoms with E-state index in [1.165, 1.54) is 18.2 Å². The second kappa shape index (κ2) is 6.87. The second-order valence-electron chi connectivity index (χ2n) is 4.20. The van der Waals surface area contributed by atoms with Gasteiger partial charge in [-0.15, -0.1) is 0 Å². The monoisotopic (exact) mass is 324 g/mol. The van der Waals surface area contributed by atoms with Crippen molar-refractivity contribution in [3.05, 3.63) is 29.8 Å². The summed E-state index contributed by atoms with van der Waals surface area (Å²) in [5.41, 5.74) is 0.147. The molecule has 0 aliphatic heterocycles. The van der Waals surface area contributed by atoms with Crippen LogP contribution in [0.3, 0.4) is 0 Å². The van der Waals surface area contributed by atoms with Crippen molar-refractivity contribution >= 4 is 9.84 Å². The summed E-state index contributed by atoms with van der Waals surface area (Å²) in [4.78, 5) is -0.121. The van der Waals surface area contributed by atoms with Gasteiger partial charge in [0.15, 0.2) is 9.84 Å². The summed E-state index contributed by atoms with van der Waals surface area (Å²) in [6.07, 6.45) is -3.81. The van der Waals surface area contributed by atoms with Crippen LogP contribution in [-0.2, 0) is 9.84 Å². The van der Waals surface area contributed by atoms with Crippen LogP contribution in [-0.4, -0.2) is 39.6 Å². The maximum atomic E-state index is 12.6. The van der Waals surface area contributed by atoms with Crippen LogP contribution in [0.1, 0.15) is 5.56 Å². The van der Waals surface area contributed by atoms with Gasteiger partial charge >= 0.3 is 12.3 Å². The molecular formula is C12H12F4N2O2S. The molecule has 0 saturated heterocycles. The Morgan fingerprint density at radius 2 is 2.00 bits per heavy atom. The van der Waals surface area contributed by atoms with Crippen LogP contribution >= 0.6 is 0 Å². The van der Waals surface area contributed by atoms with E-state index in [4.69, 9.17) is 5.26 Å². The molecule has 0 amide bonds. The average Bonchev–Trinajstić information content (AvgIpc) is 2.43. The van der Waals surface area contributed by atoms with Gasteiger partial charge in [-0.05, 0) is 18.2 Å². The first-order valence-corrected chi connectivity index (χ1v) is 7.44. The summed E-state index contributed by atoms with van der Waals surface area (Å²) in [7, 11) is -3.78. The molecule has 0 heterocycles. The van der Waals surface area contributed by atoms with Crippen LogP contribution in [0.25, 0.3) is 0 Å². The van der Waals surface area contributed by atoms with Crippen molar-refractivity contribution in [1.82, 2.24) is 5.32 Å². The van der Waals surface area contributed by atoms with Crippen molar-refractivity contribution in [3.63, 3.8) is 0 Å². The number of rotatable bonds is 7. The molecule has 0 fully saturated rings. The first kappa shape index (κ1) is 17.4. The third-order valence-electron chi connectivity index (χ3n) is 2.55. The highest BCUT2D eigenvalue weighted by Crippen LogP contribution is 2.21. The first-order chi connectivity index (χ1) is 9.69. The van der Waals surface area contributed by atoms with E-state index >= 15 is 0 Å². The van der Waals surface area contributed by atoms with Gasteiger partial charge in [0.25, 0.3) is 0 Å². The van der Waals surface area contributed by atoms with E-state index in [1.54, 1.807) is 6.07 Å². The predicted molar refractivity (Wildman–Crippen MR) is 67.0 cm³/mol. The fourth-order valence-electron chi connectivity index (χ4n) is 1.42. The van der Waals surface area contributed by atoms with Gasteiger partial charge in [-0.2, -0.15) is 14.0 Å². The third kappa shape index (κ3) is 4.99. The van der Waals surface area contributed by atoms with E-state index in [-0.39, 0.29) is 10.5 Å². The molecule has 4 nitrogen and oxygen atoms in total. The highest BCUT2D eigenvalue weighted by Gasteiger charge is 2.40. The maximum absolute atomic E-state index is 12.6. The predicted octanol–water partition coefficient (Wildman–Crippen LogP) is 1.82. The molecule has 1 aromatic carbocycles. The largest absolute Gasteiger partial charge is 0.319 e. The lowest BCUT2D eigenvalue weighted by Gasteiger charge is -2.15. The Kier molecular flexibility index (Phi) is 5.69. The highest BCUT2D eigenvalue weighted by molar-refractivity contribution is 7.91. The molecule has 0 spiro atoms. The zero-order valence-electron chi connectivity index (χ0n) is 10.7. The molecule has 0 aliphatic carbocycles. The van der Waals surface area contributed by atoms with Crippen molar-refractivity contribution in [1.29, 1.82) is 5.26 Å². The van der Waals surface area contributed by atoms with Crippen molar-refractivity contribution < 1.29 is 26.0 Å². The Bertz CT molecular complexity index is 626. The van der Waals surface area contributed by atoms with E-state index in [0.717, 1.165) is 6.07 Å². The number of hydrogen-bond acceptors (Lipinski definition) is 4. The molecule has 0 atom stereocenters. The quantitative estimate of drug-likeness (QED) is 0.613. The number of hydrogen-bond donors (Lipinski definition) is 1. The molecule has 0 unspecified atom stereocenters. The maximum Gasteiger partial charge on any atom is 0.319 e. The number of sulfone groups is 1. The number of nitrogens with one attached hydrogen (secondary N) is 1. The van der Waals surface area contributed by atoms with Gasteiger partial charge in [0.1, 0.15) is 0 Å². The van der Waals surface area contributed by atoms with Gasteiger partial charge in [0.05, 0.1) is 28.8 Å². The lowest BCUT2D eigenvalue weighted by molar-refractivity contribution is -0.124. The lowest BCUT2D eigenvalue weighted by Crippen LogP contribution is -2.40. The van der Waals surface area contributed by atoms with Gasteiger partial charge in [-0.1, -0.05) is 6.07 Å². The number of alkyl halides is 4. The number of nitrogens with zero attached hydrogens (tertiary/aromatic N) is 1. The molecule has 116 valence electrons. The summed E-state index contributed by atoms with van der Waals surface area (Å²) in [5, 5.41) is 10.7. The molecule has 1 N–H and O–H groups in total. The van der Waals surface area contributed by atoms with Gasteiger partial charge in [-0.3, -0.25) is 0 Å². The minimum atomic E-state index is -4.20. The van der Waals surface area contributed by atoms with E-state index in [0.29, 0.717) is 0 Å². The lowest BCUT2D eigenvalue weighted by atomic mass is 10.2. The first-order valence-electron chi connectivity index (χ1n) is 5.78. The van der Waals surface area contributed by atoms with Gasteiger partial charge in [0.2, 0.25) is 0 Å². The molecule has 1 rings (SSSR count). The van der Waals surface area contributed by atoms with Crippen LogP contribution in [0.5, 0.6) is 0 Å². The van der Waals surface area contributed by atoms with E-state index in [1.807, 2.05) is 5.32 Å². The van der Waals surface area contributed by atoms with Crippen molar-refractivity contribution in [2.24, 2.45) is 0 Å². The smallest absolute Gasteiger partial charge is 0.310 e. The minimum Gasteiger partial charge on any atom is -0.310 e. The SMILES string of the molecule is N#Cc1cccc(S(=O)(=O)CCNCC(F)(F)C(F)F)c1. The molecule has 0 aromatic heterocycles. The third-order valence-corrected chi connectivity index (χ3v) is 4.26. The number of halogens is 4. The summed E-state index contributed by atoms with van der Waals surface area (Å²) in [6, 6.07) is 7.00. The molecule has 0 radical (unpaired) electrons. The number of benzene rings is 1. The van der Waals surface area contributed by atoms with Crippen LogP contribution < -0.4 is 5.32 Å². The Balaban J connectivity index is 2.60. The summed E-state index contributed by atoms with van der Waals surface area (Å²) in [5.74, 6) is -4.74. The fraction of sp³-hybridized carbons (Fsp3) is 0.417. The average molecular weight is 324 g/mol. The van der Waals surface area contributed by atoms with Crippen LogP contribution in [0.15, 0.2) is 29.2 Å². The second-order valence-corrected chi connectivity index (χ2v) is 6.31. The minimum absolute atomic E-state index is 0.121. The molecular weight excluding hydrogens is 312 g/mol. The molecule has 9 heteroatoms. The van der Waals surface area contributed by atoms with Crippen molar-refractivity contribution in [2.45, 2.75) is 17.2 Å². The Morgan fingerprint density at radius 1 is 1.33 bits per heavy atom. The molecule has 1 aromatic rings. The zero-order valence-corrected chi connectivity index (χ0v) is 11.5. The Morgan fingerprint density at radius 3 is 2.57 bits per heavy atom. The standard InChI is InChI=1S/C12H12F4N2O2S/c13-11(14)12(15,16)8-18-4-5-21(19,20)10-3-1-2-9(6-10)7-17/h1-3,6,11,18H,4-5,8H2. The Labute approximate surface area is 119 Å². The summed E-state index contributed by atoms with van der Waals surface area (Å²) < 4.78 is 72.7.